The van der Waals surface area contributed by atoms with Crippen molar-refractivity contribution < 1.29 is 4.74 Å². The van der Waals surface area contributed by atoms with Crippen LogP contribution in [0.4, 0.5) is 0 Å². The maximum atomic E-state index is 5.63. The van der Waals surface area contributed by atoms with Crippen molar-refractivity contribution in [2.24, 2.45) is 13.0 Å². The quantitative estimate of drug-likeness (QED) is 0.819. The minimum absolute atomic E-state index is 0.667. The molecule has 1 aromatic heterocycles. The third kappa shape index (κ3) is 4.21. The Balaban J connectivity index is 1.70. The van der Waals surface area contributed by atoms with Crippen LogP contribution in [0.25, 0.3) is 11.3 Å². The van der Waals surface area contributed by atoms with E-state index in [2.05, 4.69) is 53.5 Å². The maximum absolute atomic E-state index is 5.63. The van der Waals surface area contributed by atoms with E-state index in [0.717, 1.165) is 32.0 Å². The number of hydrogen-bond acceptors (Lipinski definition) is 3. The van der Waals surface area contributed by atoms with Gasteiger partial charge in [0.2, 0.25) is 0 Å². The topological polar surface area (TPSA) is 30.3 Å². The lowest BCUT2D eigenvalue weighted by Gasteiger charge is -2.32. The van der Waals surface area contributed by atoms with Gasteiger partial charge in [-0.1, -0.05) is 30.3 Å². The molecule has 2 heterocycles. The molecule has 0 spiro atoms. The molecule has 1 aromatic carbocycles. The van der Waals surface area contributed by atoms with Gasteiger partial charge >= 0.3 is 0 Å². The molecule has 4 heteroatoms. The summed E-state index contributed by atoms with van der Waals surface area (Å²) in [5.41, 5.74) is 3.63. The zero-order valence-corrected chi connectivity index (χ0v) is 14.2. The van der Waals surface area contributed by atoms with Gasteiger partial charge in [-0.25, -0.2) is 0 Å². The Labute approximate surface area is 139 Å². The number of piperidine rings is 1. The van der Waals surface area contributed by atoms with Gasteiger partial charge in [-0.15, -0.1) is 0 Å². The highest BCUT2D eigenvalue weighted by molar-refractivity contribution is 5.62. The average Bonchev–Trinajstić information content (AvgIpc) is 2.94. The molecule has 1 aliphatic rings. The van der Waals surface area contributed by atoms with Gasteiger partial charge in [0.25, 0.3) is 0 Å². The Kier molecular flexibility index (Phi) is 5.47. The van der Waals surface area contributed by atoms with Crippen LogP contribution < -0.4 is 0 Å². The monoisotopic (exact) mass is 313 g/mol. The van der Waals surface area contributed by atoms with Gasteiger partial charge in [0.15, 0.2) is 0 Å². The van der Waals surface area contributed by atoms with Crippen molar-refractivity contribution >= 4 is 0 Å². The van der Waals surface area contributed by atoms with Crippen LogP contribution in [0.2, 0.25) is 0 Å². The van der Waals surface area contributed by atoms with Crippen LogP contribution in [0.15, 0.2) is 36.5 Å². The standard InChI is InChI=1S/C19H27N3O/c1-3-23-15-16-8-7-11-22(12-16)14-18-13-21(2)20-19(18)17-9-5-4-6-10-17/h4-6,9-10,13,16H,3,7-8,11-12,14-15H2,1-2H3. The lowest BCUT2D eigenvalue weighted by atomic mass is 9.98. The fourth-order valence-electron chi connectivity index (χ4n) is 3.45. The van der Waals surface area contributed by atoms with Gasteiger partial charge in [0, 0.05) is 44.1 Å². The van der Waals surface area contributed by atoms with Crippen molar-refractivity contribution in [3.8, 4) is 11.3 Å². The molecule has 2 aromatic rings. The summed E-state index contributed by atoms with van der Waals surface area (Å²) in [4.78, 5) is 2.55. The summed E-state index contributed by atoms with van der Waals surface area (Å²) in [6, 6.07) is 10.5. The summed E-state index contributed by atoms with van der Waals surface area (Å²) in [6.07, 6.45) is 4.71. The van der Waals surface area contributed by atoms with E-state index >= 15 is 0 Å². The van der Waals surface area contributed by atoms with Crippen LogP contribution in [0.5, 0.6) is 0 Å². The molecule has 1 atom stereocenters. The summed E-state index contributed by atoms with van der Waals surface area (Å²) < 4.78 is 7.56. The highest BCUT2D eigenvalue weighted by Crippen LogP contribution is 2.25. The van der Waals surface area contributed by atoms with Gasteiger partial charge in [-0.2, -0.15) is 5.10 Å². The van der Waals surface area contributed by atoms with E-state index in [4.69, 9.17) is 4.74 Å². The van der Waals surface area contributed by atoms with Crippen LogP contribution in [0, 0.1) is 5.92 Å². The lowest BCUT2D eigenvalue weighted by molar-refractivity contribution is 0.0648. The van der Waals surface area contributed by atoms with E-state index in [1.54, 1.807) is 0 Å². The molecule has 4 nitrogen and oxygen atoms in total. The first-order valence-electron chi connectivity index (χ1n) is 8.64. The first kappa shape index (κ1) is 16.2. The Morgan fingerprint density at radius 1 is 1.26 bits per heavy atom. The second kappa shape index (κ2) is 7.75. The van der Waals surface area contributed by atoms with Crippen LogP contribution in [-0.4, -0.2) is 41.0 Å². The molecule has 124 valence electrons. The Hall–Kier alpha value is -1.65. The van der Waals surface area contributed by atoms with E-state index < -0.39 is 0 Å². The molecule has 23 heavy (non-hydrogen) atoms. The number of hydrogen-bond donors (Lipinski definition) is 0. The van der Waals surface area contributed by atoms with Gasteiger partial charge in [0.05, 0.1) is 12.3 Å². The third-order valence-corrected chi connectivity index (χ3v) is 4.51. The number of benzene rings is 1. The van der Waals surface area contributed by atoms with Gasteiger partial charge in [0.1, 0.15) is 0 Å². The molecule has 0 N–H and O–H groups in total. The van der Waals surface area contributed by atoms with Crippen LogP contribution in [0.3, 0.4) is 0 Å². The number of aryl methyl sites for hydroxylation is 1. The number of likely N-dealkylation sites (tertiary alicyclic amines) is 1. The fraction of sp³-hybridized carbons (Fsp3) is 0.526. The number of aromatic nitrogens is 2. The van der Waals surface area contributed by atoms with Crippen molar-refractivity contribution in [1.29, 1.82) is 0 Å². The molecule has 0 bridgehead atoms. The van der Waals surface area contributed by atoms with Gasteiger partial charge in [-0.05, 0) is 32.2 Å². The molecular weight excluding hydrogens is 286 g/mol. The smallest absolute Gasteiger partial charge is 0.0968 e. The minimum Gasteiger partial charge on any atom is -0.381 e. The molecule has 1 saturated heterocycles. The first-order chi connectivity index (χ1) is 11.3. The van der Waals surface area contributed by atoms with Gasteiger partial charge < -0.3 is 4.74 Å². The van der Waals surface area contributed by atoms with E-state index in [-0.39, 0.29) is 0 Å². The zero-order chi connectivity index (χ0) is 16.1. The van der Waals surface area contributed by atoms with Gasteiger partial charge in [-0.3, -0.25) is 9.58 Å². The fourth-order valence-corrected chi connectivity index (χ4v) is 3.45. The molecule has 0 saturated carbocycles. The SMILES string of the molecule is CCOCC1CCCN(Cc2cn(C)nc2-c2ccccc2)C1. The lowest BCUT2D eigenvalue weighted by Crippen LogP contribution is -2.36. The Morgan fingerprint density at radius 3 is 2.87 bits per heavy atom. The zero-order valence-electron chi connectivity index (χ0n) is 14.2. The van der Waals surface area contributed by atoms with E-state index in [1.165, 1.54) is 30.5 Å². The predicted octanol–water partition coefficient (Wildman–Crippen LogP) is 3.34. The number of nitrogens with zero attached hydrogens (tertiary/aromatic N) is 3. The largest absolute Gasteiger partial charge is 0.381 e. The normalized spacial score (nSPS) is 19.1. The van der Waals surface area contributed by atoms with E-state index in [9.17, 15) is 0 Å². The Morgan fingerprint density at radius 2 is 2.09 bits per heavy atom. The van der Waals surface area contributed by atoms with Crippen LogP contribution >= 0.6 is 0 Å². The second-order valence-electron chi connectivity index (χ2n) is 6.45. The molecular formula is C19H27N3O. The highest BCUT2D eigenvalue weighted by atomic mass is 16.5. The van der Waals surface area contributed by atoms with Crippen molar-refractivity contribution in [1.82, 2.24) is 14.7 Å². The summed E-state index contributed by atoms with van der Waals surface area (Å²) in [5.74, 6) is 0.667. The molecule has 3 rings (SSSR count). The molecule has 0 amide bonds. The summed E-state index contributed by atoms with van der Waals surface area (Å²) >= 11 is 0. The predicted molar refractivity (Wildman–Crippen MR) is 93.1 cm³/mol. The minimum atomic E-state index is 0.667. The van der Waals surface area contributed by atoms with Crippen LogP contribution in [-0.2, 0) is 18.3 Å². The van der Waals surface area contributed by atoms with Crippen molar-refractivity contribution in [2.75, 3.05) is 26.3 Å². The third-order valence-electron chi connectivity index (χ3n) is 4.51. The highest BCUT2D eigenvalue weighted by Gasteiger charge is 2.21. The van der Waals surface area contributed by atoms with E-state index in [0.29, 0.717) is 5.92 Å². The summed E-state index contributed by atoms with van der Waals surface area (Å²) in [5, 5.41) is 4.68. The Bertz CT molecular complexity index is 608. The molecule has 1 unspecified atom stereocenters. The molecule has 0 aliphatic carbocycles. The molecule has 1 aliphatic heterocycles. The maximum Gasteiger partial charge on any atom is 0.0968 e. The molecule has 0 radical (unpaired) electrons. The summed E-state index contributed by atoms with van der Waals surface area (Å²) in [7, 11) is 2.00. The van der Waals surface area contributed by atoms with Crippen molar-refractivity contribution in [3.05, 3.63) is 42.1 Å². The number of rotatable bonds is 6. The number of ether oxygens (including phenoxy) is 1. The summed E-state index contributed by atoms with van der Waals surface area (Å²) in [6.45, 7) is 7.06. The first-order valence-corrected chi connectivity index (χ1v) is 8.64. The van der Waals surface area contributed by atoms with Crippen LogP contribution in [0.1, 0.15) is 25.3 Å². The van der Waals surface area contributed by atoms with Crippen molar-refractivity contribution in [3.63, 3.8) is 0 Å². The molecule has 1 fully saturated rings. The second-order valence-corrected chi connectivity index (χ2v) is 6.45. The average molecular weight is 313 g/mol. The van der Waals surface area contributed by atoms with Crippen molar-refractivity contribution in [2.45, 2.75) is 26.3 Å². The van der Waals surface area contributed by atoms with E-state index in [1.807, 2.05) is 11.7 Å².